The number of aromatic nitrogens is 7. The Labute approximate surface area is 275 Å². The summed E-state index contributed by atoms with van der Waals surface area (Å²) in [5.74, 6) is -0.975. The van der Waals surface area contributed by atoms with Crippen LogP contribution in [0.15, 0.2) is 30.0 Å². The Morgan fingerprint density at radius 2 is 2.00 bits per heavy atom. The van der Waals surface area contributed by atoms with Gasteiger partial charge in [0.1, 0.15) is 35.5 Å². The highest BCUT2D eigenvalue weighted by Crippen LogP contribution is 2.51. The number of aliphatic hydroxyl groups is 2. The van der Waals surface area contributed by atoms with Crippen molar-refractivity contribution in [3.05, 3.63) is 41.3 Å². The Morgan fingerprint density at radius 1 is 1.25 bits per heavy atom. The quantitative estimate of drug-likeness (QED) is 0.0911. The monoisotopic (exact) mass is 738 g/mol. The van der Waals surface area contributed by atoms with Crippen LogP contribution >= 0.6 is 14.5 Å². The number of hydrogen-bond donors (Lipinski definition) is 6. The number of aliphatic hydroxyl groups excluding tert-OH is 2. The first-order valence-corrected chi connectivity index (χ1v) is 18.2. The van der Waals surface area contributed by atoms with Crippen LogP contribution in [0, 0.1) is 5.82 Å². The highest BCUT2D eigenvalue weighted by atomic mass is 32.5. The molecule has 0 amide bonds. The molecule has 5 heterocycles. The van der Waals surface area contributed by atoms with E-state index in [1.54, 1.807) is 6.92 Å². The Balaban J connectivity index is 1.41. The Kier molecular flexibility index (Phi) is 10.8. The molecule has 8 atom stereocenters. The van der Waals surface area contributed by atoms with Gasteiger partial charge in [-0.3, -0.25) is 23.0 Å². The fourth-order valence-corrected chi connectivity index (χ4v) is 6.76. The summed E-state index contributed by atoms with van der Waals surface area (Å²) in [6.45, 7) is -3.27. The Hall–Kier alpha value is -2.82. The SMILES string of the molecule is CC[C@@]1(COP(=O)(O)O[C@H]([C@H](O)[C@@H](COP(O)(=S)OC)OC)n2cc(F)c3c(=O)[nH]cnc32)C[C@@H](O)[C@H](n2cnc3c(N)ncnc32)O1. The van der Waals surface area contributed by atoms with Gasteiger partial charge in [0, 0.05) is 26.8 Å². The van der Waals surface area contributed by atoms with E-state index in [9.17, 15) is 33.7 Å². The molecular weight excluding hydrogens is 705 g/mol. The molecule has 1 aliphatic heterocycles. The molecule has 0 aromatic carbocycles. The lowest BCUT2D eigenvalue weighted by atomic mass is 9.97. The van der Waals surface area contributed by atoms with Gasteiger partial charge in [-0.1, -0.05) is 6.92 Å². The minimum Gasteiger partial charge on any atom is -0.388 e. The van der Waals surface area contributed by atoms with Crippen LogP contribution in [0.3, 0.4) is 0 Å². The highest BCUT2D eigenvalue weighted by Gasteiger charge is 2.48. The lowest BCUT2D eigenvalue weighted by Crippen LogP contribution is -2.40. The van der Waals surface area contributed by atoms with Crippen LogP contribution in [0.1, 0.15) is 32.2 Å². The van der Waals surface area contributed by atoms with Gasteiger partial charge < -0.3 is 49.2 Å². The normalized spacial score (nSPS) is 24.4. The number of rotatable bonds is 15. The van der Waals surface area contributed by atoms with Crippen molar-refractivity contribution in [1.82, 2.24) is 34.1 Å². The summed E-state index contributed by atoms with van der Waals surface area (Å²) in [6.07, 6.45) is -3.24. The number of methoxy groups -OCH3 is 1. The number of phosphoric ester groups is 1. The van der Waals surface area contributed by atoms with Gasteiger partial charge in [-0.25, -0.2) is 28.9 Å². The van der Waals surface area contributed by atoms with Gasteiger partial charge in [-0.05, 0) is 18.2 Å². The molecule has 1 saturated heterocycles. The number of hydrogen-bond acceptors (Lipinski definition) is 16. The van der Waals surface area contributed by atoms with E-state index in [4.69, 9.17) is 45.1 Å². The minimum absolute atomic E-state index is 0.0592. The Morgan fingerprint density at radius 3 is 2.69 bits per heavy atom. The minimum atomic E-state index is -5.23. The molecule has 0 radical (unpaired) electrons. The summed E-state index contributed by atoms with van der Waals surface area (Å²) in [5, 5.41) is 21.8. The van der Waals surface area contributed by atoms with Crippen LogP contribution in [0.4, 0.5) is 10.2 Å². The van der Waals surface area contributed by atoms with Gasteiger partial charge in [0.25, 0.3) is 5.56 Å². The van der Waals surface area contributed by atoms with Crippen molar-refractivity contribution in [2.24, 2.45) is 0 Å². The molecule has 0 aliphatic carbocycles. The summed E-state index contributed by atoms with van der Waals surface area (Å²) in [7, 11) is -2.99. The summed E-state index contributed by atoms with van der Waals surface area (Å²) < 4.78 is 62.7. The Bertz CT molecular complexity index is 1930. The fourth-order valence-electron chi connectivity index (χ4n) is 5.18. The highest BCUT2D eigenvalue weighted by molar-refractivity contribution is 8.07. The maximum Gasteiger partial charge on any atom is 0.474 e. The maximum absolute atomic E-state index is 15.0. The molecule has 4 aromatic heterocycles. The molecule has 20 nitrogen and oxygen atoms in total. The standard InChI is InChI=1S/C24H33FN8O12P2S/c1-4-24(5-13(34)22(44-24)33-11-31-16-18(26)27-9-29-20(16)33)8-43-46(37,38)45-23(17(35)14(40-2)7-42-47(39,48)41-3)32-6-12(25)15-19(32)28-10-30-21(15)36/h6,9-11,13-14,17,22-23,34-35H,4-5,7-8H2,1-3H3,(H,37,38)(H,39,48)(H2,26,27,29)(H,28,30,36)/t13-,14-,17-,22-,23-,24+,47?/m1/s1. The van der Waals surface area contributed by atoms with E-state index in [1.807, 2.05) is 0 Å². The predicted molar refractivity (Wildman–Crippen MR) is 166 cm³/mol. The summed E-state index contributed by atoms with van der Waals surface area (Å²) in [5.41, 5.74) is 3.85. The van der Waals surface area contributed by atoms with Gasteiger partial charge in [0.15, 0.2) is 35.4 Å². The van der Waals surface area contributed by atoms with Crippen LogP contribution in [-0.4, -0.2) is 105 Å². The van der Waals surface area contributed by atoms with E-state index in [-0.39, 0.29) is 35.5 Å². The fraction of sp³-hybridized carbons (Fsp3) is 0.542. The largest absolute Gasteiger partial charge is 0.474 e. The number of nitrogens with two attached hydrogens (primary N) is 1. The third-order valence-corrected chi connectivity index (χ3v) is 10.4. The first-order chi connectivity index (χ1) is 22.6. The number of nitrogen functional groups attached to an aromatic ring is 1. The second kappa shape index (κ2) is 14.2. The number of halogens is 1. The number of phosphoric acid groups is 1. The van der Waals surface area contributed by atoms with E-state index in [0.717, 1.165) is 31.3 Å². The summed E-state index contributed by atoms with van der Waals surface area (Å²) >= 11 is 4.81. The second-order valence-electron chi connectivity index (χ2n) is 10.7. The molecule has 4 aromatic rings. The number of ether oxygens (including phenoxy) is 2. The number of imidazole rings is 1. The zero-order valence-corrected chi connectivity index (χ0v) is 28.1. The van der Waals surface area contributed by atoms with E-state index in [0.29, 0.717) is 0 Å². The third-order valence-electron chi connectivity index (χ3n) is 7.77. The number of aromatic amines is 1. The molecule has 0 bridgehead atoms. The van der Waals surface area contributed by atoms with E-state index in [2.05, 4.69) is 24.9 Å². The van der Waals surface area contributed by atoms with Gasteiger partial charge >= 0.3 is 14.5 Å². The summed E-state index contributed by atoms with van der Waals surface area (Å²) in [4.78, 5) is 51.7. The topological polar surface area (TPSA) is 274 Å². The van der Waals surface area contributed by atoms with Crippen molar-refractivity contribution in [2.45, 2.75) is 56.1 Å². The van der Waals surface area contributed by atoms with Gasteiger partial charge in [0.2, 0.25) is 0 Å². The lowest BCUT2D eigenvalue weighted by molar-refractivity contribution is -0.123. The second-order valence-corrected chi connectivity index (χ2v) is 15.0. The molecule has 24 heteroatoms. The molecular formula is C24H33FN8O12P2S. The number of nitrogens with zero attached hydrogens (tertiary/aromatic N) is 6. The van der Waals surface area contributed by atoms with Crippen molar-refractivity contribution in [3.63, 3.8) is 0 Å². The molecule has 48 heavy (non-hydrogen) atoms. The third kappa shape index (κ3) is 7.36. The number of H-pyrrole nitrogens is 1. The van der Waals surface area contributed by atoms with Gasteiger partial charge in [-0.2, -0.15) is 0 Å². The van der Waals surface area contributed by atoms with Crippen molar-refractivity contribution in [1.29, 1.82) is 0 Å². The molecule has 1 aliphatic rings. The van der Waals surface area contributed by atoms with E-state index >= 15 is 0 Å². The molecule has 1 fully saturated rings. The van der Waals surface area contributed by atoms with Crippen LogP contribution in [0.5, 0.6) is 0 Å². The van der Waals surface area contributed by atoms with E-state index < -0.39 is 80.9 Å². The smallest absolute Gasteiger partial charge is 0.388 e. The van der Waals surface area contributed by atoms with Crippen molar-refractivity contribution in [3.8, 4) is 0 Å². The van der Waals surface area contributed by atoms with Crippen molar-refractivity contribution in [2.75, 3.05) is 33.2 Å². The zero-order valence-electron chi connectivity index (χ0n) is 25.5. The maximum atomic E-state index is 15.0. The molecule has 7 N–H and O–H groups in total. The number of anilines is 1. The molecule has 5 rings (SSSR count). The first-order valence-electron chi connectivity index (χ1n) is 14.1. The number of nitrogens with one attached hydrogen (secondary N) is 1. The van der Waals surface area contributed by atoms with Crippen LogP contribution in [0.25, 0.3) is 22.2 Å². The molecule has 0 saturated carbocycles. The number of fused-ring (bicyclic) bond motifs is 2. The average molecular weight is 739 g/mol. The first kappa shape index (κ1) is 36.5. The van der Waals surface area contributed by atoms with Crippen LogP contribution in [0.2, 0.25) is 0 Å². The molecule has 264 valence electrons. The predicted octanol–water partition coefficient (Wildman–Crippen LogP) is 0.602. The van der Waals surface area contributed by atoms with E-state index in [1.165, 1.54) is 17.2 Å². The zero-order chi connectivity index (χ0) is 35.0. The van der Waals surface area contributed by atoms with Crippen molar-refractivity contribution < 1.29 is 56.5 Å². The van der Waals surface area contributed by atoms with Gasteiger partial charge in [0.05, 0.1) is 31.5 Å². The van der Waals surface area contributed by atoms with Crippen LogP contribution < -0.4 is 11.3 Å². The van der Waals surface area contributed by atoms with Crippen molar-refractivity contribution >= 4 is 54.4 Å². The molecule has 2 unspecified atom stereocenters. The van der Waals surface area contributed by atoms with Gasteiger partial charge in [-0.15, -0.1) is 0 Å². The van der Waals surface area contributed by atoms with Crippen LogP contribution in [-0.2, 0) is 43.9 Å². The summed E-state index contributed by atoms with van der Waals surface area (Å²) in [6, 6.07) is 0. The average Bonchev–Trinajstić information content (AvgIpc) is 3.73. The molecule has 0 spiro atoms. The lowest BCUT2D eigenvalue weighted by Gasteiger charge is -2.32.